The molecule has 1 heterocycles. The molecular weight excluding hydrogens is 313 g/mol. The van der Waals surface area contributed by atoms with Crippen LogP contribution < -0.4 is 5.32 Å². The number of hydrogen-bond acceptors (Lipinski definition) is 3. The molecule has 112 valence electrons. The van der Waals surface area contributed by atoms with Gasteiger partial charge < -0.3 is 5.32 Å². The van der Waals surface area contributed by atoms with Crippen LogP contribution in [0.15, 0.2) is 18.2 Å². The van der Waals surface area contributed by atoms with Gasteiger partial charge in [-0.25, -0.2) is 4.39 Å². The molecule has 1 aliphatic heterocycles. The predicted octanol–water partition coefficient (Wildman–Crippen LogP) is 4.76. The van der Waals surface area contributed by atoms with Gasteiger partial charge in [-0.3, -0.25) is 0 Å². The van der Waals surface area contributed by atoms with Crippen LogP contribution in [0.3, 0.4) is 0 Å². The van der Waals surface area contributed by atoms with Gasteiger partial charge in [0.25, 0.3) is 0 Å². The first-order valence-electron chi connectivity index (χ1n) is 7.08. The molecule has 1 aliphatic rings. The summed E-state index contributed by atoms with van der Waals surface area (Å²) < 4.78 is 13.6. The van der Waals surface area contributed by atoms with Crippen LogP contribution in [0, 0.1) is 5.82 Å². The highest BCUT2D eigenvalue weighted by Crippen LogP contribution is 2.41. The van der Waals surface area contributed by atoms with Gasteiger partial charge in [-0.1, -0.05) is 25.4 Å². The summed E-state index contributed by atoms with van der Waals surface area (Å²) in [4.78, 5) is 0. The fourth-order valence-electron chi connectivity index (χ4n) is 2.62. The highest BCUT2D eigenvalue weighted by molar-refractivity contribution is 8.07. The number of rotatable bonds is 5. The number of thioether (sulfide) groups is 2. The molecule has 0 amide bonds. The molecule has 0 bridgehead atoms. The monoisotopic (exact) mass is 333 g/mol. The van der Waals surface area contributed by atoms with Crippen molar-refractivity contribution in [2.45, 2.75) is 36.8 Å². The van der Waals surface area contributed by atoms with E-state index in [1.54, 1.807) is 12.1 Å². The van der Waals surface area contributed by atoms with Gasteiger partial charge in [-0.05, 0) is 36.7 Å². The normalized spacial score (nSPS) is 24.6. The first-order valence-corrected chi connectivity index (χ1v) is 9.56. The summed E-state index contributed by atoms with van der Waals surface area (Å²) in [5, 5.41) is 5.21. The minimum absolute atomic E-state index is 0.117. The summed E-state index contributed by atoms with van der Waals surface area (Å²) in [6, 6.07) is 4.79. The Morgan fingerprint density at radius 1 is 1.35 bits per heavy atom. The number of halogens is 2. The van der Waals surface area contributed by atoms with Crippen LogP contribution in [-0.4, -0.2) is 28.6 Å². The molecule has 0 aliphatic carbocycles. The summed E-state index contributed by atoms with van der Waals surface area (Å²) in [6.07, 6.45) is 1.14. The zero-order valence-corrected chi connectivity index (χ0v) is 14.3. The molecule has 1 aromatic rings. The van der Waals surface area contributed by atoms with Gasteiger partial charge in [0.05, 0.1) is 0 Å². The quantitative estimate of drug-likeness (QED) is 0.834. The zero-order valence-electron chi connectivity index (χ0n) is 11.9. The third-order valence-electron chi connectivity index (χ3n) is 3.54. The highest BCUT2D eigenvalue weighted by atomic mass is 35.5. The fourth-order valence-corrected chi connectivity index (χ4v) is 6.10. The minimum atomic E-state index is -0.214. The molecule has 0 saturated carbocycles. The maximum absolute atomic E-state index is 13.6. The molecule has 0 radical (unpaired) electrons. The number of hydrogen-bond donors (Lipinski definition) is 1. The Bertz CT molecular complexity index is 444. The third-order valence-corrected chi connectivity index (χ3v) is 7.23. The average molecular weight is 334 g/mol. The summed E-state index contributed by atoms with van der Waals surface area (Å²) >= 11 is 10.3. The van der Waals surface area contributed by atoms with Crippen LogP contribution in [-0.2, 0) is 0 Å². The van der Waals surface area contributed by atoms with E-state index in [2.05, 4.69) is 19.2 Å². The second-order valence-electron chi connectivity index (χ2n) is 4.85. The van der Waals surface area contributed by atoms with Crippen LogP contribution in [0.2, 0.25) is 5.02 Å². The maximum atomic E-state index is 13.6. The van der Waals surface area contributed by atoms with Crippen LogP contribution >= 0.6 is 35.1 Å². The minimum Gasteiger partial charge on any atom is -0.309 e. The lowest BCUT2D eigenvalue weighted by Crippen LogP contribution is -2.38. The van der Waals surface area contributed by atoms with Gasteiger partial charge in [-0.2, -0.15) is 23.5 Å². The molecule has 20 heavy (non-hydrogen) atoms. The highest BCUT2D eigenvalue weighted by Gasteiger charge is 2.33. The lowest BCUT2D eigenvalue weighted by Gasteiger charge is -2.37. The van der Waals surface area contributed by atoms with Crippen LogP contribution in [0.25, 0.3) is 0 Å². The van der Waals surface area contributed by atoms with Crippen molar-refractivity contribution in [2.24, 2.45) is 0 Å². The van der Waals surface area contributed by atoms with E-state index in [1.165, 1.54) is 11.8 Å². The van der Waals surface area contributed by atoms with Crippen LogP contribution in [0.4, 0.5) is 4.39 Å². The summed E-state index contributed by atoms with van der Waals surface area (Å²) in [5.74, 6) is 2.14. The SMILES string of the molecule is CCNC(c1cc(F)ccc1Cl)C1SCCSC1CC. The van der Waals surface area contributed by atoms with E-state index in [9.17, 15) is 4.39 Å². The van der Waals surface area contributed by atoms with Crippen LogP contribution in [0.1, 0.15) is 31.9 Å². The molecule has 2 rings (SSSR count). The second-order valence-corrected chi connectivity index (χ2v) is 7.89. The third kappa shape index (κ3) is 3.85. The smallest absolute Gasteiger partial charge is 0.123 e. The molecule has 1 nitrogen and oxygen atoms in total. The van der Waals surface area contributed by atoms with E-state index >= 15 is 0 Å². The van der Waals surface area contributed by atoms with Gasteiger partial charge in [0.2, 0.25) is 0 Å². The van der Waals surface area contributed by atoms with Crippen molar-refractivity contribution in [3.8, 4) is 0 Å². The average Bonchev–Trinajstić information content (AvgIpc) is 2.47. The molecular formula is C15H21ClFNS2. The Balaban J connectivity index is 2.31. The summed E-state index contributed by atoms with van der Waals surface area (Å²) in [5.41, 5.74) is 0.895. The molecule has 1 saturated heterocycles. The van der Waals surface area contributed by atoms with E-state index in [4.69, 9.17) is 11.6 Å². The standard InChI is InChI=1S/C15H21ClFNS2/c1-3-13-15(20-8-7-19-13)14(18-4-2)11-9-10(17)5-6-12(11)16/h5-6,9,13-15,18H,3-4,7-8H2,1-2H3. The number of benzene rings is 1. The van der Waals surface area contributed by atoms with Gasteiger partial charge in [0.1, 0.15) is 5.82 Å². The van der Waals surface area contributed by atoms with E-state index < -0.39 is 0 Å². The Morgan fingerprint density at radius 3 is 2.80 bits per heavy atom. The van der Waals surface area contributed by atoms with Gasteiger partial charge >= 0.3 is 0 Å². The molecule has 1 fully saturated rings. The predicted molar refractivity (Wildman–Crippen MR) is 90.6 cm³/mol. The van der Waals surface area contributed by atoms with E-state index in [-0.39, 0.29) is 11.9 Å². The Morgan fingerprint density at radius 2 is 2.10 bits per heavy atom. The Hall–Kier alpha value is 0.1000. The lowest BCUT2D eigenvalue weighted by molar-refractivity contribution is 0.509. The van der Waals surface area contributed by atoms with E-state index in [1.807, 2.05) is 23.5 Å². The van der Waals surface area contributed by atoms with Crippen LogP contribution in [0.5, 0.6) is 0 Å². The first kappa shape index (κ1) is 16.5. The van der Waals surface area contributed by atoms with Crippen molar-refractivity contribution in [1.29, 1.82) is 0 Å². The van der Waals surface area contributed by atoms with Gasteiger partial charge in [0, 0.05) is 33.1 Å². The van der Waals surface area contributed by atoms with E-state index in [0.717, 1.165) is 24.3 Å². The second kappa shape index (κ2) is 7.92. The van der Waals surface area contributed by atoms with Crippen molar-refractivity contribution in [1.82, 2.24) is 5.32 Å². The molecule has 5 heteroatoms. The van der Waals surface area contributed by atoms with E-state index in [0.29, 0.717) is 15.5 Å². The Labute approximate surface area is 134 Å². The zero-order chi connectivity index (χ0) is 14.5. The molecule has 3 atom stereocenters. The van der Waals surface area contributed by atoms with Gasteiger partial charge in [0.15, 0.2) is 0 Å². The number of nitrogens with one attached hydrogen (secondary N) is 1. The molecule has 1 N–H and O–H groups in total. The first-order chi connectivity index (χ1) is 9.67. The van der Waals surface area contributed by atoms with Crippen molar-refractivity contribution >= 4 is 35.1 Å². The van der Waals surface area contributed by atoms with Crippen molar-refractivity contribution in [2.75, 3.05) is 18.1 Å². The van der Waals surface area contributed by atoms with Crippen molar-refractivity contribution in [3.05, 3.63) is 34.6 Å². The summed E-state index contributed by atoms with van der Waals surface area (Å²) in [7, 11) is 0. The fraction of sp³-hybridized carbons (Fsp3) is 0.600. The van der Waals surface area contributed by atoms with Crippen molar-refractivity contribution < 1.29 is 4.39 Å². The molecule has 3 unspecified atom stereocenters. The lowest BCUT2D eigenvalue weighted by atomic mass is 9.99. The topological polar surface area (TPSA) is 12.0 Å². The molecule has 0 aromatic heterocycles. The van der Waals surface area contributed by atoms with Gasteiger partial charge in [-0.15, -0.1) is 0 Å². The van der Waals surface area contributed by atoms with Crippen molar-refractivity contribution in [3.63, 3.8) is 0 Å². The summed E-state index contributed by atoms with van der Waals surface area (Å²) in [6.45, 7) is 5.17. The molecule has 1 aromatic carbocycles. The maximum Gasteiger partial charge on any atom is 0.123 e. The molecule has 0 spiro atoms. The largest absolute Gasteiger partial charge is 0.309 e. The Kier molecular flexibility index (Phi) is 6.53.